The molecular formula is C16H20O3. The minimum atomic E-state index is -0.488. The molecule has 3 nitrogen and oxygen atoms in total. The molecule has 1 heterocycles. The van der Waals surface area contributed by atoms with Crippen LogP contribution in [0.15, 0.2) is 34.7 Å². The molecule has 2 rings (SSSR count). The van der Waals surface area contributed by atoms with Crippen LogP contribution < -0.4 is 0 Å². The number of hydrogen-bond acceptors (Lipinski definition) is 3. The molecule has 3 heteroatoms. The van der Waals surface area contributed by atoms with Crippen molar-refractivity contribution in [2.75, 3.05) is 6.61 Å². The monoisotopic (exact) mass is 260 g/mol. The Hall–Kier alpha value is -1.61. The summed E-state index contributed by atoms with van der Waals surface area (Å²) in [6.45, 7) is 8.38. The van der Waals surface area contributed by atoms with E-state index in [2.05, 4.69) is 0 Å². The second kappa shape index (κ2) is 5.17. The van der Waals surface area contributed by atoms with Gasteiger partial charge in [0.25, 0.3) is 0 Å². The van der Waals surface area contributed by atoms with Gasteiger partial charge < -0.3 is 9.15 Å². The fourth-order valence-corrected chi connectivity index (χ4v) is 2.12. The van der Waals surface area contributed by atoms with Crippen molar-refractivity contribution in [3.05, 3.63) is 36.1 Å². The van der Waals surface area contributed by atoms with E-state index in [-0.39, 0.29) is 11.2 Å². The Kier molecular flexibility index (Phi) is 3.76. The maximum Gasteiger partial charge on any atom is 0.227 e. The number of furan rings is 1. The van der Waals surface area contributed by atoms with E-state index in [1.54, 1.807) is 6.07 Å². The molecule has 0 radical (unpaired) electrons. The molecule has 0 N–H and O–H groups in total. The van der Waals surface area contributed by atoms with E-state index in [0.717, 1.165) is 11.0 Å². The number of fused-ring (bicyclic) bond motifs is 1. The number of Topliss-reactive ketones (excluding diaryl/α,β-unsaturated/α-hetero) is 1. The Morgan fingerprint density at radius 1 is 1.32 bits per heavy atom. The highest BCUT2D eigenvalue weighted by Gasteiger charge is 2.34. The van der Waals surface area contributed by atoms with Crippen LogP contribution in [0.3, 0.4) is 0 Å². The van der Waals surface area contributed by atoms with Crippen LogP contribution in [0, 0.1) is 5.41 Å². The molecule has 102 valence electrons. The topological polar surface area (TPSA) is 39.4 Å². The highest BCUT2D eigenvalue weighted by atomic mass is 16.5. The van der Waals surface area contributed by atoms with Gasteiger partial charge in [0.2, 0.25) is 5.78 Å². The summed E-state index contributed by atoms with van der Waals surface area (Å²) in [4.78, 5) is 12.5. The van der Waals surface area contributed by atoms with Crippen LogP contribution in [0.1, 0.15) is 38.2 Å². The standard InChI is InChI=1S/C16H20O3/c1-5-18-15(16(2,3)4)14(17)13-10-11-8-6-7-9-12(11)19-13/h6-10,15H,5H2,1-4H3. The van der Waals surface area contributed by atoms with Gasteiger partial charge in [0.1, 0.15) is 11.7 Å². The first kappa shape index (κ1) is 13.8. The van der Waals surface area contributed by atoms with Gasteiger partial charge in [0.05, 0.1) is 0 Å². The van der Waals surface area contributed by atoms with Gasteiger partial charge in [-0.2, -0.15) is 0 Å². The number of ether oxygens (including phenoxy) is 1. The minimum Gasteiger partial charge on any atom is -0.453 e. The average molecular weight is 260 g/mol. The molecule has 0 aliphatic rings. The Labute approximate surface area is 113 Å². The summed E-state index contributed by atoms with van der Waals surface area (Å²) in [5, 5.41) is 0.940. The second-order valence-electron chi connectivity index (χ2n) is 5.71. The summed E-state index contributed by atoms with van der Waals surface area (Å²) >= 11 is 0. The number of hydrogen-bond donors (Lipinski definition) is 0. The van der Waals surface area contributed by atoms with Crippen molar-refractivity contribution >= 4 is 16.8 Å². The summed E-state index contributed by atoms with van der Waals surface area (Å²) in [6.07, 6.45) is -0.488. The van der Waals surface area contributed by atoms with Crippen LogP contribution >= 0.6 is 0 Å². The molecule has 1 atom stereocenters. The number of rotatable bonds is 4. The number of carbonyl (C=O) groups excluding carboxylic acids is 1. The molecular weight excluding hydrogens is 240 g/mol. The Morgan fingerprint density at radius 3 is 2.58 bits per heavy atom. The summed E-state index contributed by atoms with van der Waals surface area (Å²) < 4.78 is 11.2. The molecule has 0 saturated heterocycles. The van der Waals surface area contributed by atoms with Crippen LogP contribution in [0.2, 0.25) is 0 Å². The third kappa shape index (κ3) is 2.87. The molecule has 1 aromatic heterocycles. The Morgan fingerprint density at radius 2 is 2.00 bits per heavy atom. The van der Waals surface area contributed by atoms with Crippen molar-refractivity contribution in [1.29, 1.82) is 0 Å². The first-order chi connectivity index (χ1) is 8.93. The van der Waals surface area contributed by atoms with Gasteiger partial charge in [-0.1, -0.05) is 39.0 Å². The van der Waals surface area contributed by atoms with E-state index in [1.165, 1.54) is 0 Å². The van der Waals surface area contributed by atoms with E-state index in [9.17, 15) is 4.79 Å². The first-order valence-corrected chi connectivity index (χ1v) is 6.58. The zero-order valence-electron chi connectivity index (χ0n) is 11.9. The van der Waals surface area contributed by atoms with Crippen LogP contribution in [0.5, 0.6) is 0 Å². The van der Waals surface area contributed by atoms with Gasteiger partial charge >= 0.3 is 0 Å². The highest BCUT2D eigenvalue weighted by Crippen LogP contribution is 2.28. The first-order valence-electron chi connectivity index (χ1n) is 6.58. The lowest BCUT2D eigenvalue weighted by Crippen LogP contribution is -2.37. The third-order valence-corrected chi connectivity index (χ3v) is 3.03. The lowest BCUT2D eigenvalue weighted by molar-refractivity contribution is -0.00185. The SMILES string of the molecule is CCOC(C(=O)c1cc2ccccc2o1)C(C)(C)C. The number of carbonyl (C=O) groups is 1. The Bertz CT molecular complexity index is 542. The molecule has 0 spiro atoms. The summed E-state index contributed by atoms with van der Waals surface area (Å²) in [7, 11) is 0. The van der Waals surface area contributed by atoms with Crippen molar-refractivity contribution in [2.24, 2.45) is 5.41 Å². The van der Waals surface area contributed by atoms with Gasteiger partial charge in [0, 0.05) is 12.0 Å². The molecule has 0 bridgehead atoms. The average Bonchev–Trinajstić information content (AvgIpc) is 2.77. The molecule has 0 aliphatic carbocycles. The molecule has 0 aliphatic heterocycles. The molecule has 1 unspecified atom stereocenters. The van der Waals surface area contributed by atoms with E-state index in [1.807, 2.05) is 52.0 Å². The van der Waals surface area contributed by atoms with Crippen LogP contribution in [-0.4, -0.2) is 18.5 Å². The van der Waals surface area contributed by atoms with Crippen LogP contribution in [-0.2, 0) is 4.74 Å². The Balaban J connectivity index is 2.36. The molecule has 0 saturated carbocycles. The van der Waals surface area contributed by atoms with Crippen molar-refractivity contribution in [1.82, 2.24) is 0 Å². The van der Waals surface area contributed by atoms with Gasteiger partial charge in [-0.15, -0.1) is 0 Å². The van der Waals surface area contributed by atoms with E-state index < -0.39 is 6.10 Å². The minimum absolute atomic E-state index is 0.0921. The zero-order chi connectivity index (χ0) is 14.0. The summed E-state index contributed by atoms with van der Waals surface area (Å²) in [5.74, 6) is 0.278. The number of para-hydroxylation sites is 1. The zero-order valence-corrected chi connectivity index (χ0v) is 11.9. The van der Waals surface area contributed by atoms with Gasteiger partial charge in [-0.3, -0.25) is 4.79 Å². The summed E-state index contributed by atoms with van der Waals surface area (Å²) in [6, 6.07) is 9.40. The van der Waals surface area contributed by atoms with E-state index >= 15 is 0 Å². The van der Waals surface area contributed by atoms with Gasteiger partial charge in [0.15, 0.2) is 5.76 Å². The second-order valence-corrected chi connectivity index (χ2v) is 5.71. The van der Waals surface area contributed by atoms with Crippen LogP contribution in [0.4, 0.5) is 0 Å². The number of ketones is 1. The lowest BCUT2D eigenvalue weighted by atomic mass is 9.85. The molecule has 0 fully saturated rings. The maximum absolute atomic E-state index is 12.5. The lowest BCUT2D eigenvalue weighted by Gasteiger charge is -2.28. The molecule has 0 amide bonds. The predicted molar refractivity (Wildman–Crippen MR) is 75.4 cm³/mol. The largest absolute Gasteiger partial charge is 0.453 e. The number of benzene rings is 1. The third-order valence-electron chi connectivity index (χ3n) is 3.03. The maximum atomic E-state index is 12.5. The van der Waals surface area contributed by atoms with Crippen LogP contribution in [0.25, 0.3) is 11.0 Å². The smallest absolute Gasteiger partial charge is 0.227 e. The normalized spacial score (nSPS) is 13.7. The molecule has 19 heavy (non-hydrogen) atoms. The predicted octanol–water partition coefficient (Wildman–Crippen LogP) is 4.07. The van der Waals surface area contributed by atoms with E-state index in [4.69, 9.17) is 9.15 Å². The highest BCUT2D eigenvalue weighted by molar-refractivity contribution is 6.00. The molecule has 2 aromatic rings. The molecule has 1 aromatic carbocycles. The summed E-state index contributed by atoms with van der Waals surface area (Å²) in [5.41, 5.74) is 0.474. The fraction of sp³-hybridized carbons (Fsp3) is 0.438. The van der Waals surface area contributed by atoms with E-state index in [0.29, 0.717) is 12.4 Å². The van der Waals surface area contributed by atoms with Gasteiger partial charge in [-0.25, -0.2) is 0 Å². The quantitative estimate of drug-likeness (QED) is 0.778. The van der Waals surface area contributed by atoms with Crippen molar-refractivity contribution < 1.29 is 13.9 Å². The van der Waals surface area contributed by atoms with Gasteiger partial charge in [-0.05, 0) is 24.5 Å². The fourth-order valence-electron chi connectivity index (χ4n) is 2.12. The van der Waals surface area contributed by atoms with Crippen molar-refractivity contribution in [2.45, 2.75) is 33.8 Å². The van der Waals surface area contributed by atoms with Crippen molar-refractivity contribution in [3.8, 4) is 0 Å². The van der Waals surface area contributed by atoms with Crippen molar-refractivity contribution in [3.63, 3.8) is 0 Å².